The summed E-state index contributed by atoms with van der Waals surface area (Å²) in [5.74, 6) is 0.0436. The molecule has 1 amide bonds. The molecule has 170 valence electrons. The van der Waals surface area contributed by atoms with Crippen LogP contribution in [-0.4, -0.2) is 28.4 Å². The summed E-state index contributed by atoms with van der Waals surface area (Å²) in [7, 11) is 0. The Morgan fingerprint density at radius 1 is 1.18 bits per heavy atom. The van der Waals surface area contributed by atoms with Gasteiger partial charge in [0.05, 0.1) is 24.0 Å². The summed E-state index contributed by atoms with van der Waals surface area (Å²) < 4.78 is 26.4. The Morgan fingerprint density at radius 3 is 2.82 bits per heavy atom. The predicted molar refractivity (Wildman–Crippen MR) is 123 cm³/mol. The molecule has 33 heavy (non-hydrogen) atoms. The van der Waals surface area contributed by atoms with Crippen LogP contribution in [0.5, 0.6) is 5.75 Å². The number of pyridine rings is 1. The van der Waals surface area contributed by atoms with E-state index in [0.717, 1.165) is 45.8 Å². The van der Waals surface area contributed by atoms with Crippen LogP contribution in [0.15, 0.2) is 48.5 Å². The third-order valence-electron chi connectivity index (χ3n) is 6.42. The lowest BCUT2D eigenvalue weighted by atomic mass is 9.90. The summed E-state index contributed by atoms with van der Waals surface area (Å²) in [4.78, 5) is 19.8. The van der Waals surface area contributed by atoms with E-state index in [9.17, 15) is 9.18 Å². The molecule has 0 N–H and O–H groups in total. The minimum Gasteiger partial charge on any atom is -0.487 e. The van der Waals surface area contributed by atoms with Gasteiger partial charge in [-0.1, -0.05) is 29.8 Å². The molecule has 2 aliphatic heterocycles. The third kappa shape index (κ3) is 4.35. The van der Waals surface area contributed by atoms with E-state index in [2.05, 4.69) is 6.92 Å². The van der Waals surface area contributed by atoms with Gasteiger partial charge in [-0.3, -0.25) is 9.78 Å². The van der Waals surface area contributed by atoms with Gasteiger partial charge in [0.25, 0.3) is 5.91 Å². The van der Waals surface area contributed by atoms with Crippen LogP contribution in [0.3, 0.4) is 0 Å². The zero-order chi connectivity index (χ0) is 22.9. The first-order valence-corrected chi connectivity index (χ1v) is 11.4. The third-order valence-corrected chi connectivity index (χ3v) is 6.42. The van der Waals surface area contributed by atoms with E-state index in [4.69, 9.17) is 14.5 Å². The van der Waals surface area contributed by atoms with Crippen LogP contribution in [0.25, 0.3) is 0 Å². The fraction of sp³-hybridized carbons (Fsp3) is 0.333. The van der Waals surface area contributed by atoms with E-state index in [1.165, 1.54) is 6.07 Å². The van der Waals surface area contributed by atoms with E-state index in [1.54, 1.807) is 17.0 Å². The van der Waals surface area contributed by atoms with Gasteiger partial charge in [-0.05, 0) is 54.8 Å². The largest absolute Gasteiger partial charge is 0.487 e. The molecule has 5 rings (SSSR count). The molecule has 6 heteroatoms. The number of hydrogen-bond donors (Lipinski definition) is 0. The molecule has 0 unspecified atom stereocenters. The number of fused-ring (bicyclic) bond motifs is 3. The molecular weight excluding hydrogens is 419 g/mol. The van der Waals surface area contributed by atoms with Crippen molar-refractivity contribution in [2.24, 2.45) is 0 Å². The Hall–Kier alpha value is -3.25. The standard InChI is InChI=1S/C27H27FN2O3/c1-17-8-9-24(28)21(12-17)27(31)30-11-10-25-22(14-30)23-15-32-18(2)13-20(23)26(29-25)16-33-19-6-4-3-5-7-19/h3-9,12,18H,10-11,13-16H2,1-2H3/t18-/m0/s1. The van der Waals surface area contributed by atoms with Crippen molar-refractivity contribution in [3.63, 3.8) is 0 Å². The number of hydrogen-bond acceptors (Lipinski definition) is 4. The van der Waals surface area contributed by atoms with Crippen molar-refractivity contribution >= 4 is 5.91 Å². The average Bonchev–Trinajstić information content (AvgIpc) is 2.84. The number of carbonyl (C=O) groups excluding carboxylic acids is 1. The van der Waals surface area contributed by atoms with Gasteiger partial charge in [0.15, 0.2) is 0 Å². The van der Waals surface area contributed by atoms with Gasteiger partial charge in [0.2, 0.25) is 0 Å². The Kier molecular flexibility index (Phi) is 5.85. The van der Waals surface area contributed by atoms with Gasteiger partial charge in [-0.25, -0.2) is 4.39 Å². The lowest BCUT2D eigenvalue weighted by molar-refractivity contribution is 0.0384. The van der Waals surface area contributed by atoms with Gasteiger partial charge in [-0.2, -0.15) is 0 Å². The number of aromatic nitrogens is 1. The second-order valence-corrected chi connectivity index (χ2v) is 8.83. The molecule has 2 aliphatic rings. The smallest absolute Gasteiger partial charge is 0.257 e. The molecule has 0 radical (unpaired) electrons. The number of aryl methyl sites for hydroxylation is 1. The minimum atomic E-state index is -0.484. The molecular formula is C27H27FN2O3. The lowest BCUT2D eigenvalue weighted by Crippen LogP contribution is -2.38. The van der Waals surface area contributed by atoms with Crippen molar-refractivity contribution in [2.75, 3.05) is 6.54 Å². The molecule has 1 aromatic heterocycles. The molecule has 0 spiro atoms. The maximum atomic E-state index is 14.4. The van der Waals surface area contributed by atoms with E-state index in [1.807, 2.05) is 37.3 Å². The molecule has 1 atom stereocenters. The number of nitrogens with zero attached hydrogens (tertiary/aromatic N) is 2. The van der Waals surface area contributed by atoms with Crippen molar-refractivity contribution in [1.29, 1.82) is 0 Å². The highest BCUT2D eigenvalue weighted by Gasteiger charge is 2.31. The van der Waals surface area contributed by atoms with E-state index in [0.29, 0.717) is 32.7 Å². The van der Waals surface area contributed by atoms with Gasteiger partial charge < -0.3 is 14.4 Å². The highest BCUT2D eigenvalue weighted by atomic mass is 19.1. The Labute approximate surface area is 193 Å². The van der Waals surface area contributed by atoms with Crippen molar-refractivity contribution in [2.45, 2.75) is 52.6 Å². The molecule has 3 aromatic rings. The van der Waals surface area contributed by atoms with Crippen LogP contribution in [-0.2, 0) is 37.3 Å². The fourth-order valence-corrected chi connectivity index (χ4v) is 4.65. The summed E-state index contributed by atoms with van der Waals surface area (Å²) >= 11 is 0. The molecule has 0 saturated carbocycles. The minimum absolute atomic E-state index is 0.0931. The van der Waals surface area contributed by atoms with E-state index < -0.39 is 5.82 Å². The Bertz CT molecular complexity index is 1200. The van der Waals surface area contributed by atoms with Crippen LogP contribution in [0.2, 0.25) is 0 Å². The van der Waals surface area contributed by atoms with Crippen molar-refractivity contribution < 1.29 is 18.7 Å². The van der Waals surface area contributed by atoms with Gasteiger partial charge >= 0.3 is 0 Å². The zero-order valence-electron chi connectivity index (χ0n) is 18.9. The predicted octanol–water partition coefficient (Wildman–Crippen LogP) is 4.77. The van der Waals surface area contributed by atoms with Gasteiger partial charge in [0.1, 0.15) is 18.2 Å². The number of ether oxygens (including phenoxy) is 2. The second-order valence-electron chi connectivity index (χ2n) is 8.83. The lowest BCUT2D eigenvalue weighted by Gasteiger charge is -2.34. The maximum Gasteiger partial charge on any atom is 0.257 e. The second kappa shape index (κ2) is 8.94. The van der Waals surface area contributed by atoms with Crippen LogP contribution < -0.4 is 4.74 Å². The van der Waals surface area contributed by atoms with Gasteiger partial charge in [0, 0.05) is 31.6 Å². The summed E-state index contributed by atoms with van der Waals surface area (Å²) in [6.45, 7) is 5.71. The first kappa shape index (κ1) is 21.6. The van der Waals surface area contributed by atoms with Crippen LogP contribution in [0.4, 0.5) is 4.39 Å². The zero-order valence-corrected chi connectivity index (χ0v) is 18.9. The van der Waals surface area contributed by atoms with E-state index in [-0.39, 0.29) is 17.6 Å². The van der Waals surface area contributed by atoms with Crippen LogP contribution in [0.1, 0.15) is 50.9 Å². The van der Waals surface area contributed by atoms with Crippen LogP contribution in [0, 0.1) is 12.7 Å². The first-order chi connectivity index (χ1) is 16.0. The number of amides is 1. The average molecular weight is 447 g/mol. The van der Waals surface area contributed by atoms with Gasteiger partial charge in [-0.15, -0.1) is 0 Å². The molecule has 5 nitrogen and oxygen atoms in total. The molecule has 0 saturated heterocycles. The number of benzene rings is 2. The molecule has 0 fully saturated rings. The molecule has 3 heterocycles. The first-order valence-electron chi connectivity index (χ1n) is 11.4. The number of para-hydroxylation sites is 1. The molecule has 0 bridgehead atoms. The van der Waals surface area contributed by atoms with Crippen molar-refractivity contribution in [3.8, 4) is 5.75 Å². The maximum absolute atomic E-state index is 14.4. The normalized spacial score (nSPS) is 17.3. The SMILES string of the molecule is Cc1ccc(F)c(C(=O)N2CCc3nc(COc4ccccc4)c4c(c3C2)CO[C@@H](C)C4)c1. The topological polar surface area (TPSA) is 51.7 Å². The number of carbonyl (C=O) groups is 1. The Balaban J connectivity index is 1.45. The summed E-state index contributed by atoms with van der Waals surface area (Å²) in [5, 5.41) is 0. The molecule has 2 aromatic carbocycles. The summed E-state index contributed by atoms with van der Waals surface area (Å²) in [6.07, 6.45) is 1.47. The van der Waals surface area contributed by atoms with E-state index >= 15 is 0 Å². The fourth-order valence-electron chi connectivity index (χ4n) is 4.65. The highest BCUT2D eigenvalue weighted by molar-refractivity contribution is 5.94. The molecule has 0 aliphatic carbocycles. The van der Waals surface area contributed by atoms with Crippen molar-refractivity contribution in [1.82, 2.24) is 9.88 Å². The number of rotatable bonds is 4. The number of halogens is 1. The quantitative estimate of drug-likeness (QED) is 0.580. The monoisotopic (exact) mass is 446 g/mol. The van der Waals surface area contributed by atoms with Crippen molar-refractivity contribution in [3.05, 3.63) is 93.6 Å². The Morgan fingerprint density at radius 2 is 2.00 bits per heavy atom. The summed E-state index contributed by atoms with van der Waals surface area (Å²) in [6, 6.07) is 14.4. The highest BCUT2D eigenvalue weighted by Crippen LogP contribution is 2.32. The summed E-state index contributed by atoms with van der Waals surface area (Å²) in [5.41, 5.74) is 6.19. The van der Waals surface area contributed by atoms with Crippen LogP contribution >= 0.6 is 0 Å².